The molecule has 1 saturated carbocycles. The van der Waals surface area contributed by atoms with E-state index in [9.17, 15) is 14.8 Å². The molecule has 1 aromatic carbocycles. The van der Waals surface area contributed by atoms with Crippen molar-refractivity contribution in [2.45, 2.75) is 44.4 Å². The summed E-state index contributed by atoms with van der Waals surface area (Å²) in [4.78, 5) is 13.2. The van der Waals surface area contributed by atoms with E-state index >= 15 is 0 Å². The van der Waals surface area contributed by atoms with E-state index in [2.05, 4.69) is 31.7 Å². The minimum atomic E-state index is -0.294. The number of aliphatic hydroxyl groups excluding tert-OH is 1. The molecule has 0 bridgehead atoms. The van der Waals surface area contributed by atoms with Crippen molar-refractivity contribution in [1.82, 2.24) is 15.0 Å². The third kappa shape index (κ3) is 5.13. The maximum absolute atomic E-state index is 13.3. The zero-order chi connectivity index (χ0) is 21.6. The number of hydrogen-bond acceptors (Lipinski definition) is 7. The fraction of sp³-hybridized carbons (Fsp3) is 0.304. The molecule has 0 spiro atoms. The number of aromatic nitrogens is 3. The normalized spacial score (nSPS) is 18.2. The summed E-state index contributed by atoms with van der Waals surface area (Å²) in [5.74, 6) is 0.593. The Kier molecular flexibility index (Phi) is 6.34. The van der Waals surface area contributed by atoms with Crippen LogP contribution in [0.15, 0.2) is 48.8 Å². The largest absolute Gasteiger partial charge is 0.393 e. The number of aliphatic hydroxyl groups is 1. The summed E-state index contributed by atoms with van der Waals surface area (Å²) in [7, 11) is 0. The van der Waals surface area contributed by atoms with Gasteiger partial charge in [-0.2, -0.15) is 10.2 Å². The number of halogens is 1. The van der Waals surface area contributed by atoms with Crippen molar-refractivity contribution in [3.8, 4) is 17.3 Å². The average Bonchev–Trinajstić information content (AvgIpc) is 2.80. The third-order valence-electron chi connectivity index (χ3n) is 5.39. The molecule has 3 N–H and O–H groups in total. The molecule has 1 fully saturated rings. The van der Waals surface area contributed by atoms with E-state index in [4.69, 9.17) is 0 Å². The second-order valence-corrected chi connectivity index (χ2v) is 7.59. The predicted octanol–water partition coefficient (Wildman–Crippen LogP) is 3.88. The average molecular weight is 418 g/mol. The molecule has 2 aromatic heterocycles. The number of nitrogens with one attached hydrogen (secondary N) is 2. The molecule has 0 atom stereocenters. The van der Waals surface area contributed by atoms with Gasteiger partial charge in [0.15, 0.2) is 0 Å². The van der Waals surface area contributed by atoms with E-state index in [1.54, 1.807) is 18.3 Å². The van der Waals surface area contributed by atoms with Crippen LogP contribution in [0.1, 0.15) is 36.8 Å². The Hall–Kier alpha value is -3.57. The molecular weight excluding hydrogens is 395 g/mol. The van der Waals surface area contributed by atoms with Crippen molar-refractivity contribution in [1.29, 1.82) is 5.26 Å². The lowest BCUT2D eigenvalue weighted by Gasteiger charge is -2.26. The van der Waals surface area contributed by atoms with Crippen LogP contribution in [0.4, 0.5) is 16.2 Å². The van der Waals surface area contributed by atoms with Gasteiger partial charge in [0.1, 0.15) is 23.3 Å². The first-order chi connectivity index (χ1) is 15.1. The number of pyridine rings is 1. The van der Waals surface area contributed by atoms with Crippen LogP contribution in [0.25, 0.3) is 11.3 Å². The fourth-order valence-corrected chi connectivity index (χ4v) is 3.70. The summed E-state index contributed by atoms with van der Waals surface area (Å²) in [5, 5.41) is 25.6. The molecule has 0 amide bonds. The van der Waals surface area contributed by atoms with Gasteiger partial charge in [0.25, 0.3) is 0 Å². The molecule has 4 rings (SSSR count). The zero-order valence-corrected chi connectivity index (χ0v) is 16.9. The van der Waals surface area contributed by atoms with Gasteiger partial charge in [-0.25, -0.2) is 9.37 Å². The van der Waals surface area contributed by atoms with Crippen molar-refractivity contribution in [2.75, 3.05) is 10.6 Å². The van der Waals surface area contributed by atoms with Crippen LogP contribution in [-0.4, -0.2) is 32.2 Å². The summed E-state index contributed by atoms with van der Waals surface area (Å²) < 4.78 is 13.3. The highest BCUT2D eigenvalue weighted by Gasteiger charge is 2.21. The van der Waals surface area contributed by atoms with Crippen LogP contribution in [-0.2, 0) is 6.54 Å². The second-order valence-electron chi connectivity index (χ2n) is 7.59. The Bertz CT molecular complexity index is 1070. The van der Waals surface area contributed by atoms with E-state index in [1.165, 1.54) is 18.3 Å². The molecule has 0 saturated heterocycles. The Balaban J connectivity index is 1.49. The summed E-state index contributed by atoms with van der Waals surface area (Å²) in [5.41, 5.74) is 2.87. The first kappa shape index (κ1) is 20.7. The maximum Gasteiger partial charge on any atom is 0.224 e. The summed E-state index contributed by atoms with van der Waals surface area (Å²) in [6.45, 7) is 0.418. The highest BCUT2D eigenvalue weighted by Crippen LogP contribution is 2.25. The summed E-state index contributed by atoms with van der Waals surface area (Å²) in [6.07, 6.45) is 6.09. The van der Waals surface area contributed by atoms with Crippen molar-refractivity contribution in [2.24, 2.45) is 0 Å². The minimum Gasteiger partial charge on any atom is -0.393 e. The van der Waals surface area contributed by atoms with Crippen molar-refractivity contribution >= 4 is 11.8 Å². The molecule has 8 heteroatoms. The van der Waals surface area contributed by atoms with Crippen molar-refractivity contribution in [3.63, 3.8) is 0 Å². The quantitative estimate of drug-likeness (QED) is 0.558. The molecular formula is C23H23FN6O. The topological polar surface area (TPSA) is 107 Å². The summed E-state index contributed by atoms with van der Waals surface area (Å²) >= 11 is 0. The Morgan fingerprint density at radius 1 is 1.10 bits per heavy atom. The Labute approximate surface area is 180 Å². The molecule has 158 valence electrons. The molecule has 0 radical (unpaired) electrons. The molecule has 31 heavy (non-hydrogen) atoms. The van der Waals surface area contributed by atoms with Gasteiger partial charge in [-0.05, 0) is 61.6 Å². The molecule has 7 nitrogen and oxygen atoms in total. The molecule has 2 heterocycles. The van der Waals surface area contributed by atoms with Crippen LogP contribution in [0, 0.1) is 17.1 Å². The van der Waals surface area contributed by atoms with Crippen LogP contribution >= 0.6 is 0 Å². The van der Waals surface area contributed by atoms with Crippen molar-refractivity contribution < 1.29 is 9.50 Å². The van der Waals surface area contributed by atoms with Gasteiger partial charge < -0.3 is 15.7 Å². The smallest absolute Gasteiger partial charge is 0.224 e. The predicted molar refractivity (Wildman–Crippen MR) is 116 cm³/mol. The molecule has 3 aromatic rings. The molecule has 0 unspecified atom stereocenters. The lowest BCUT2D eigenvalue weighted by atomic mass is 9.93. The second kappa shape index (κ2) is 9.49. The SMILES string of the molecule is N#Cc1cnc(NCc2cccnc2-c2ccc(F)cc2)nc1N[C@H]1CC[C@@H](O)CC1. The van der Waals surface area contributed by atoms with E-state index in [-0.39, 0.29) is 18.0 Å². The highest BCUT2D eigenvalue weighted by atomic mass is 19.1. The first-order valence-corrected chi connectivity index (χ1v) is 10.3. The Morgan fingerprint density at radius 2 is 1.87 bits per heavy atom. The van der Waals surface area contributed by atoms with Gasteiger partial charge in [0.05, 0.1) is 18.0 Å². The minimum absolute atomic E-state index is 0.168. The van der Waals surface area contributed by atoms with E-state index in [1.807, 2.05) is 12.1 Å². The zero-order valence-electron chi connectivity index (χ0n) is 16.9. The van der Waals surface area contributed by atoms with Crippen LogP contribution in [0.3, 0.4) is 0 Å². The molecule has 1 aliphatic rings. The van der Waals surface area contributed by atoms with Crippen molar-refractivity contribution in [3.05, 3.63) is 65.7 Å². The number of nitrogens with zero attached hydrogens (tertiary/aromatic N) is 4. The highest BCUT2D eigenvalue weighted by molar-refractivity contribution is 5.63. The van der Waals surface area contributed by atoms with Gasteiger partial charge in [-0.1, -0.05) is 6.07 Å². The number of benzene rings is 1. The number of anilines is 2. The van der Waals surface area contributed by atoms with Crippen LogP contribution in [0.2, 0.25) is 0 Å². The Morgan fingerprint density at radius 3 is 2.61 bits per heavy atom. The monoisotopic (exact) mass is 418 g/mol. The standard InChI is InChI=1S/C23H23FN6O/c24-18-5-3-15(4-6-18)21-16(2-1-11-26-21)13-27-23-28-14-17(12-25)22(30-23)29-19-7-9-20(31)10-8-19/h1-6,11,14,19-20,31H,7-10,13H2,(H2,27,28,29,30)/t19-,20+. The van der Waals surface area contributed by atoms with E-state index < -0.39 is 0 Å². The van der Waals surface area contributed by atoms with Gasteiger partial charge in [-0.15, -0.1) is 0 Å². The lowest BCUT2D eigenvalue weighted by molar-refractivity contribution is 0.126. The summed E-state index contributed by atoms with van der Waals surface area (Å²) in [6, 6.07) is 12.3. The van der Waals surface area contributed by atoms with Gasteiger partial charge in [0.2, 0.25) is 5.95 Å². The number of hydrogen-bond donors (Lipinski definition) is 3. The van der Waals surface area contributed by atoms with E-state index in [0.29, 0.717) is 23.9 Å². The van der Waals surface area contributed by atoms with Crippen LogP contribution in [0.5, 0.6) is 0 Å². The van der Waals surface area contributed by atoms with Gasteiger partial charge in [0, 0.05) is 24.3 Å². The number of nitriles is 1. The molecule has 0 aliphatic heterocycles. The number of rotatable bonds is 6. The van der Waals surface area contributed by atoms with Gasteiger partial charge in [-0.3, -0.25) is 4.98 Å². The molecule has 1 aliphatic carbocycles. The van der Waals surface area contributed by atoms with Crippen LogP contribution < -0.4 is 10.6 Å². The maximum atomic E-state index is 13.3. The lowest BCUT2D eigenvalue weighted by Crippen LogP contribution is -2.29. The third-order valence-corrected chi connectivity index (χ3v) is 5.39. The fourth-order valence-electron chi connectivity index (χ4n) is 3.70. The first-order valence-electron chi connectivity index (χ1n) is 10.3. The van der Waals surface area contributed by atoms with E-state index in [0.717, 1.165) is 42.5 Å². The van der Waals surface area contributed by atoms with Gasteiger partial charge >= 0.3 is 0 Å².